The molecule has 0 aliphatic carbocycles. The summed E-state index contributed by atoms with van der Waals surface area (Å²) in [6.07, 6.45) is 3.46. The van der Waals surface area contributed by atoms with Gasteiger partial charge in [-0.1, -0.05) is 32.0 Å². The molecule has 0 fully saturated rings. The number of para-hydroxylation sites is 1. The Balaban J connectivity index is 2.17. The lowest BCUT2D eigenvalue weighted by molar-refractivity contribution is 0.531. The fraction of sp³-hybridized carbons (Fsp3) is 0.211. The molecule has 4 rings (SSSR count). The first-order valence-corrected chi connectivity index (χ1v) is 8.07. The third-order valence-corrected chi connectivity index (χ3v) is 4.07. The van der Waals surface area contributed by atoms with Gasteiger partial charge in [-0.3, -0.25) is 9.36 Å². The van der Waals surface area contributed by atoms with Crippen LogP contribution in [0.1, 0.15) is 13.8 Å². The molecular weight excluding hydrogens is 300 g/mol. The molecule has 0 saturated carbocycles. The maximum atomic E-state index is 13.3. The van der Waals surface area contributed by atoms with Crippen LogP contribution in [0.3, 0.4) is 0 Å². The van der Waals surface area contributed by atoms with Crippen molar-refractivity contribution in [1.82, 2.24) is 19.1 Å². The van der Waals surface area contributed by atoms with Crippen LogP contribution >= 0.6 is 0 Å². The second-order valence-electron chi connectivity index (χ2n) is 6.34. The number of imidazole rings is 1. The van der Waals surface area contributed by atoms with Crippen molar-refractivity contribution in [3.8, 4) is 5.69 Å². The van der Waals surface area contributed by atoms with Gasteiger partial charge in [0.25, 0.3) is 5.56 Å². The summed E-state index contributed by atoms with van der Waals surface area (Å²) in [6.45, 7) is 5.01. The zero-order valence-corrected chi connectivity index (χ0v) is 13.7. The van der Waals surface area contributed by atoms with Crippen molar-refractivity contribution in [3.63, 3.8) is 0 Å². The predicted octanol–water partition coefficient (Wildman–Crippen LogP) is 3.39. The fourth-order valence-corrected chi connectivity index (χ4v) is 3.11. The molecule has 5 nitrogen and oxygen atoms in total. The first kappa shape index (κ1) is 14.6. The molecule has 3 aromatic heterocycles. The van der Waals surface area contributed by atoms with Crippen LogP contribution in [0, 0.1) is 5.92 Å². The molecule has 4 aromatic rings. The SMILES string of the molecule is CC(C)Cn1cnc2c3cccnc3n(-c3ccccc3)c(=O)c21. The molecule has 0 aliphatic heterocycles. The van der Waals surface area contributed by atoms with E-state index in [-0.39, 0.29) is 5.56 Å². The van der Waals surface area contributed by atoms with Crippen LogP contribution in [0.4, 0.5) is 0 Å². The minimum absolute atomic E-state index is 0.0828. The van der Waals surface area contributed by atoms with E-state index in [1.54, 1.807) is 17.1 Å². The van der Waals surface area contributed by atoms with Gasteiger partial charge < -0.3 is 4.57 Å². The van der Waals surface area contributed by atoms with Crippen molar-refractivity contribution in [3.05, 3.63) is 65.3 Å². The molecule has 0 spiro atoms. The standard InChI is InChI=1S/C19H18N4O/c1-13(2)11-22-12-21-16-15-9-6-10-20-18(15)23(19(24)17(16)22)14-7-4-3-5-8-14/h3-10,12-13H,11H2,1-2H3. The fourth-order valence-electron chi connectivity index (χ4n) is 3.11. The van der Waals surface area contributed by atoms with Crippen molar-refractivity contribution in [2.24, 2.45) is 5.92 Å². The van der Waals surface area contributed by atoms with E-state index in [1.165, 1.54) is 0 Å². The van der Waals surface area contributed by atoms with Crippen LogP contribution in [0.2, 0.25) is 0 Å². The molecule has 0 bridgehead atoms. The van der Waals surface area contributed by atoms with Gasteiger partial charge in [0.05, 0.1) is 12.0 Å². The van der Waals surface area contributed by atoms with Gasteiger partial charge in [0.2, 0.25) is 0 Å². The van der Waals surface area contributed by atoms with E-state index in [1.807, 2.05) is 47.0 Å². The summed E-state index contributed by atoms with van der Waals surface area (Å²) in [4.78, 5) is 22.2. The topological polar surface area (TPSA) is 52.7 Å². The van der Waals surface area contributed by atoms with Gasteiger partial charge in [-0.2, -0.15) is 0 Å². The molecule has 120 valence electrons. The number of pyridine rings is 2. The summed E-state index contributed by atoms with van der Waals surface area (Å²) in [7, 11) is 0. The number of benzene rings is 1. The highest BCUT2D eigenvalue weighted by atomic mass is 16.1. The maximum Gasteiger partial charge on any atom is 0.282 e. The van der Waals surface area contributed by atoms with E-state index >= 15 is 0 Å². The third-order valence-electron chi connectivity index (χ3n) is 4.07. The average Bonchev–Trinajstić information content (AvgIpc) is 3.00. The third kappa shape index (κ3) is 2.21. The minimum Gasteiger partial charge on any atom is -0.326 e. The van der Waals surface area contributed by atoms with Gasteiger partial charge in [-0.15, -0.1) is 0 Å². The molecule has 0 unspecified atom stereocenters. The molecule has 24 heavy (non-hydrogen) atoms. The van der Waals surface area contributed by atoms with Gasteiger partial charge in [0, 0.05) is 18.1 Å². The van der Waals surface area contributed by atoms with Crippen molar-refractivity contribution >= 4 is 22.1 Å². The largest absolute Gasteiger partial charge is 0.326 e. The molecule has 0 atom stereocenters. The highest BCUT2D eigenvalue weighted by Gasteiger charge is 2.17. The van der Waals surface area contributed by atoms with Crippen molar-refractivity contribution in [1.29, 1.82) is 0 Å². The Morgan fingerprint density at radius 2 is 1.83 bits per heavy atom. The molecule has 1 aromatic carbocycles. The van der Waals surface area contributed by atoms with Crippen LogP contribution in [0.15, 0.2) is 59.8 Å². The highest BCUT2D eigenvalue weighted by Crippen LogP contribution is 2.22. The van der Waals surface area contributed by atoms with Crippen LogP contribution < -0.4 is 5.56 Å². The monoisotopic (exact) mass is 318 g/mol. The Bertz CT molecular complexity index is 1080. The van der Waals surface area contributed by atoms with Gasteiger partial charge in [-0.05, 0) is 30.2 Å². The van der Waals surface area contributed by atoms with Crippen molar-refractivity contribution in [2.75, 3.05) is 0 Å². The second kappa shape index (κ2) is 5.60. The zero-order chi connectivity index (χ0) is 16.7. The molecule has 5 heteroatoms. The normalized spacial score (nSPS) is 11.6. The number of nitrogens with zero attached hydrogens (tertiary/aromatic N) is 4. The van der Waals surface area contributed by atoms with E-state index in [2.05, 4.69) is 23.8 Å². The van der Waals surface area contributed by atoms with Crippen LogP contribution in [0.25, 0.3) is 27.8 Å². The first-order valence-electron chi connectivity index (χ1n) is 8.07. The minimum atomic E-state index is -0.0828. The first-order chi connectivity index (χ1) is 11.7. The summed E-state index contributed by atoms with van der Waals surface area (Å²) in [5.41, 5.74) is 2.71. The zero-order valence-electron chi connectivity index (χ0n) is 13.7. The Morgan fingerprint density at radius 3 is 2.58 bits per heavy atom. The Hall–Kier alpha value is -2.95. The Labute approximate surface area is 139 Å². The smallest absolute Gasteiger partial charge is 0.282 e. The lowest BCUT2D eigenvalue weighted by atomic mass is 10.2. The van der Waals surface area contributed by atoms with Crippen molar-refractivity contribution in [2.45, 2.75) is 20.4 Å². The van der Waals surface area contributed by atoms with Gasteiger partial charge >= 0.3 is 0 Å². The summed E-state index contributed by atoms with van der Waals surface area (Å²) < 4.78 is 3.63. The van der Waals surface area contributed by atoms with E-state index in [0.29, 0.717) is 17.1 Å². The number of fused-ring (bicyclic) bond motifs is 3. The van der Waals surface area contributed by atoms with Crippen LogP contribution in [-0.2, 0) is 6.54 Å². The van der Waals surface area contributed by atoms with Crippen LogP contribution in [0.5, 0.6) is 0 Å². The summed E-state index contributed by atoms with van der Waals surface area (Å²) in [5, 5.41) is 0.887. The van der Waals surface area contributed by atoms with E-state index in [0.717, 1.165) is 23.1 Å². The molecular formula is C19H18N4O. The molecule has 3 heterocycles. The molecule has 0 saturated heterocycles. The molecule has 0 aliphatic rings. The number of rotatable bonds is 3. The maximum absolute atomic E-state index is 13.3. The molecule has 0 amide bonds. The predicted molar refractivity (Wildman–Crippen MR) is 95.5 cm³/mol. The van der Waals surface area contributed by atoms with Gasteiger partial charge in [0.1, 0.15) is 16.7 Å². The molecule has 0 radical (unpaired) electrons. The Morgan fingerprint density at radius 1 is 1.04 bits per heavy atom. The second-order valence-corrected chi connectivity index (χ2v) is 6.34. The van der Waals surface area contributed by atoms with E-state index in [4.69, 9.17) is 0 Å². The van der Waals surface area contributed by atoms with E-state index < -0.39 is 0 Å². The molecule has 0 N–H and O–H groups in total. The number of aromatic nitrogens is 4. The van der Waals surface area contributed by atoms with Gasteiger partial charge in [-0.25, -0.2) is 9.97 Å². The lowest BCUT2D eigenvalue weighted by Gasteiger charge is -2.12. The lowest BCUT2D eigenvalue weighted by Crippen LogP contribution is -2.22. The van der Waals surface area contributed by atoms with E-state index in [9.17, 15) is 4.79 Å². The summed E-state index contributed by atoms with van der Waals surface area (Å²) in [6, 6.07) is 13.5. The summed E-state index contributed by atoms with van der Waals surface area (Å²) in [5.74, 6) is 0.427. The highest BCUT2D eigenvalue weighted by molar-refractivity contribution is 6.01. The average molecular weight is 318 g/mol. The summed E-state index contributed by atoms with van der Waals surface area (Å²) >= 11 is 0. The van der Waals surface area contributed by atoms with Crippen molar-refractivity contribution < 1.29 is 0 Å². The van der Waals surface area contributed by atoms with Gasteiger partial charge in [0.15, 0.2) is 0 Å². The van der Waals surface area contributed by atoms with Crippen LogP contribution in [-0.4, -0.2) is 19.1 Å². The number of hydrogen-bond donors (Lipinski definition) is 0. The quantitative estimate of drug-likeness (QED) is 0.582. The Kier molecular flexibility index (Phi) is 3.41. The number of hydrogen-bond acceptors (Lipinski definition) is 3.